The molecule has 2 heterocycles. The van der Waals surface area contributed by atoms with E-state index < -0.39 is 0 Å². The van der Waals surface area contributed by atoms with Gasteiger partial charge in [-0.25, -0.2) is 9.37 Å². The van der Waals surface area contributed by atoms with Gasteiger partial charge in [-0.2, -0.15) is 0 Å². The third-order valence-electron chi connectivity index (χ3n) is 3.77. The Morgan fingerprint density at radius 1 is 1.17 bits per heavy atom. The van der Waals surface area contributed by atoms with Crippen LogP contribution in [0.15, 0.2) is 53.6 Å². The normalized spacial score (nSPS) is 11.3. The topological polar surface area (TPSA) is 37.6 Å². The number of rotatable bonds is 4. The van der Waals surface area contributed by atoms with E-state index in [-0.39, 0.29) is 11.4 Å². The van der Waals surface area contributed by atoms with Gasteiger partial charge < -0.3 is 4.90 Å². The van der Waals surface area contributed by atoms with Crippen LogP contribution in [-0.2, 0) is 6.42 Å². The maximum Gasteiger partial charge on any atom is 0.261 e. The Balaban J connectivity index is 2.02. The Morgan fingerprint density at radius 2 is 1.96 bits per heavy atom. The molecular weight excluding hydrogens is 293 g/mol. The summed E-state index contributed by atoms with van der Waals surface area (Å²) in [6, 6.07) is 9.98. The molecule has 0 aliphatic carbocycles. The van der Waals surface area contributed by atoms with Gasteiger partial charge in [-0.1, -0.05) is 12.1 Å². The van der Waals surface area contributed by atoms with Crippen molar-refractivity contribution in [3.63, 3.8) is 0 Å². The lowest BCUT2D eigenvalue weighted by Crippen LogP contribution is -2.23. The lowest BCUT2D eigenvalue weighted by Gasteiger charge is -2.10. The summed E-state index contributed by atoms with van der Waals surface area (Å²) in [5, 5.41) is 0. The van der Waals surface area contributed by atoms with Crippen LogP contribution in [0.25, 0.3) is 16.8 Å². The van der Waals surface area contributed by atoms with Gasteiger partial charge in [-0.15, -0.1) is 0 Å². The molecule has 0 amide bonds. The molecule has 0 spiro atoms. The second-order valence-electron chi connectivity index (χ2n) is 5.80. The fourth-order valence-electron chi connectivity index (χ4n) is 2.48. The smallest absolute Gasteiger partial charge is 0.261 e. The number of aromatic nitrogens is 2. The summed E-state index contributed by atoms with van der Waals surface area (Å²) in [4.78, 5) is 18.9. The number of pyridine rings is 1. The van der Waals surface area contributed by atoms with E-state index in [9.17, 15) is 9.18 Å². The highest BCUT2D eigenvalue weighted by molar-refractivity contribution is 5.67. The van der Waals surface area contributed by atoms with Gasteiger partial charge in [0.2, 0.25) is 0 Å². The van der Waals surface area contributed by atoms with Crippen molar-refractivity contribution in [1.29, 1.82) is 0 Å². The summed E-state index contributed by atoms with van der Waals surface area (Å²) in [7, 11) is 3.94. The highest BCUT2D eigenvalue weighted by atomic mass is 19.1. The zero-order chi connectivity index (χ0) is 16.4. The van der Waals surface area contributed by atoms with E-state index in [2.05, 4.69) is 4.98 Å². The van der Waals surface area contributed by atoms with Crippen LogP contribution in [0.5, 0.6) is 0 Å². The maximum absolute atomic E-state index is 13.4. The monoisotopic (exact) mass is 311 g/mol. The fourth-order valence-corrected chi connectivity index (χ4v) is 2.48. The molecule has 23 heavy (non-hydrogen) atoms. The van der Waals surface area contributed by atoms with Crippen LogP contribution >= 0.6 is 0 Å². The van der Waals surface area contributed by atoms with E-state index in [1.54, 1.807) is 30.6 Å². The van der Waals surface area contributed by atoms with Gasteiger partial charge in [-0.05, 0) is 55.9 Å². The van der Waals surface area contributed by atoms with Crippen LogP contribution in [0.3, 0.4) is 0 Å². The van der Waals surface area contributed by atoms with E-state index in [0.717, 1.165) is 17.7 Å². The van der Waals surface area contributed by atoms with Gasteiger partial charge in [0.15, 0.2) is 0 Å². The molecule has 1 aromatic carbocycles. The molecule has 0 radical (unpaired) electrons. The SMILES string of the molecule is CN(C)CCc1cnc2cc(-c3cccc(F)c3)ccn2c1=O. The molecule has 2 aromatic heterocycles. The molecule has 0 saturated carbocycles. The third kappa shape index (κ3) is 3.29. The minimum atomic E-state index is -0.285. The quantitative estimate of drug-likeness (QED) is 0.743. The van der Waals surface area contributed by atoms with Gasteiger partial charge in [0, 0.05) is 24.5 Å². The third-order valence-corrected chi connectivity index (χ3v) is 3.77. The highest BCUT2D eigenvalue weighted by Crippen LogP contribution is 2.20. The summed E-state index contributed by atoms with van der Waals surface area (Å²) < 4.78 is 14.9. The van der Waals surface area contributed by atoms with Gasteiger partial charge >= 0.3 is 0 Å². The number of halogens is 1. The van der Waals surface area contributed by atoms with Crippen molar-refractivity contribution in [3.8, 4) is 11.1 Å². The molecule has 0 aliphatic heterocycles. The Hall–Kier alpha value is -2.53. The summed E-state index contributed by atoms with van der Waals surface area (Å²) in [5.74, 6) is -0.285. The zero-order valence-corrected chi connectivity index (χ0v) is 13.2. The fraction of sp³-hybridized carbons (Fsp3) is 0.222. The molecule has 0 bridgehead atoms. The Morgan fingerprint density at radius 3 is 2.70 bits per heavy atom. The number of fused-ring (bicyclic) bond motifs is 1. The Labute approximate surface area is 133 Å². The minimum absolute atomic E-state index is 0.0531. The molecule has 0 atom stereocenters. The maximum atomic E-state index is 13.4. The summed E-state index contributed by atoms with van der Waals surface area (Å²) in [5.41, 5.74) is 2.79. The molecule has 0 aliphatic rings. The Bertz CT molecular complexity index is 902. The molecule has 4 nitrogen and oxygen atoms in total. The molecular formula is C18H18FN3O. The number of nitrogens with zero attached hydrogens (tertiary/aromatic N) is 3. The first-order valence-electron chi connectivity index (χ1n) is 7.45. The first-order chi connectivity index (χ1) is 11.0. The van der Waals surface area contributed by atoms with Crippen molar-refractivity contribution in [2.45, 2.75) is 6.42 Å². The first-order valence-corrected chi connectivity index (χ1v) is 7.45. The number of hydrogen-bond acceptors (Lipinski definition) is 3. The van der Waals surface area contributed by atoms with E-state index in [1.165, 1.54) is 16.5 Å². The molecule has 118 valence electrons. The largest absolute Gasteiger partial charge is 0.309 e. The molecule has 3 aromatic rings. The lowest BCUT2D eigenvalue weighted by atomic mass is 10.1. The van der Waals surface area contributed by atoms with Crippen LogP contribution in [0, 0.1) is 5.82 Å². The van der Waals surface area contributed by atoms with E-state index in [4.69, 9.17) is 0 Å². The zero-order valence-electron chi connectivity index (χ0n) is 13.2. The number of likely N-dealkylation sites (N-methyl/N-ethyl adjacent to an activating group) is 1. The van der Waals surface area contributed by atoms with Crippen molar-refractivity contribution < 1.29 is 4.39 Å². The highest BCUT2D eigenvalue weighted by Gasteiger charge is 2.07. The Kier molecular flexibility index (Phi) is 4.21. The van der Waals surface area contributed by atoms with E-state index >= 15 is 0 Å². The number of hydrogen-bond donors (Lipinski definition) is 0. The van der Waals surface area contributed by atoms with Crippen LogP contribution in [-0.4, -0.2) is 34.9 Å². The molecule has 0 fully saturated rings. The van der Waals surface area contributed by atoms with Crippen molar-refractivity contribution in [2.75, 3.05) is 20.6 Å². The molecule has 0 unspecified atom stereocenters. The lowest BCUT2D eigenvalue weighted by molar-refractivity contribution is 0.412. The second kappa shape index (κ2) is 6.30. The minimum Gasteiger partial charge on any atom is -0.309 e. The molecule has 3 rings (SSSR count). The van der Waals surface area contributed by atoms with Crippen molar-refractivity contribution in [1.82, 2.24) is 14.3 Å². The van der Waals surface area contributed by atoms with Gasteiger partial charge in [0.1, 0.15) is 11.5 Å². The first kappa shape index (κ1) is 15.4. The van der Waals surface area contributed by atoms with E-state index in [1.807, 2.05) is 25.1 Å². The molecule has 5 heteroatoms. The van der Waals surface area contributed by atoms with Crippen molar-refractivity contribution in [3.05, 3.63) is 70.5 Å². The molecule has 0 N–H and O–H groups in total. The predicted molar refractivity (Wildman–Crippen MR) is 89.1 cm³/mol. The van der Waals surface area contributed by atoms with Gasteiger partial charge in [-0.3, -0.25) is 9.20 Å². The summed E-state index contributed by atoms with van der Waals surface area (Å²) in [6.07, 6.45) is 3.99. The standard InChI is InChI=1S/C18H18FN3O/c1-21(2)8-6-15-12-20-17-11-14(7-9-22(17)18(15)23)13-4-3-5-16(19)10-13/h3-5,7,9-12H,6,8H2,1-2H3. The second-order valence-corrected chi connectivity index (χ2v) is 5.80. The van der Waals surface area contributed by atoms with E-state index in [0.29, 0.717) is 17.6 Å². The average Bonchev–Trinajstić information content (AvgIpc) is 2.54. The van der Waals surface area contributed by atoms with Crippen LogP contribution < -0.4 is 5.56 Å². The summed E-state index contributed by atoms with van der Waals surface area (Å²) in [6.45, 7) is 0.796. The van der Waals surface area contributed by atoms with Gasteiger partial charge in [0.25, 0.3) is 5.56 Å². The van der Waals surface area contributed by atoms with Crippen LogP contribution in [0.2, 0.25) is 0 Å². The van der Waals surface area contributed by atoms with Crippen molar-refractivity contribution >= 4 is 5.65 Å². The predicted octanol–water partition coefficient (Wildman–Crippen LogP) is 2.60. The van der Waals surface area contributed by atoms with Crippen LogP contribution in [0.4, 0.5) is 4.39 Å². The van der Waals surface area contributed by atoms with Crippen LogP contribution in [0.1, 0.15) is 5.56 Å². The van der Waals surface area contributed by atoms with Gasteiger partial charge in [0.05, 0.1) is 0 Å². The summed E-state index contributed by atoms with van der Waals surface area (Å²) >= 11 is 0. The molecule has 0 saturated heterocycles. The van der Waals surface area contributed by atoms with Crippen molar-refractivity contribution in [2.24, 2.45) is 0 Å². The average molecular weight is 311 g/mol. The number of benzene rings is 1.